The fraction of sp³-hybridized carbons (Fsp3) is 0.389. The van der Waals surface area contributed by atoms with Gasteiger partial charge in [0.05, 0.1) is 25.3 Å². The standard InChI is InChI=1S/C18H20N2O4S/c1-2-12-3-5-13(6-4-12)17-19-14(11-25-17)9-16(21)20-7-8-24-10-15(20)18(22)23/h3-6,11,15H,2,7-10H2,1H3,(H,22,23)/t15-/m1/s1. The van der Waals surface area contributed by atoms with Crippen LogP contribution in [0.3, 0.4) is 0 Å². The molecule has 1 fully saturated rings. The Bertz CT molecular complexity index is 757. The second-order valence-corrected chi connectivity index (χ2v) is 6.75. The lowest BCUT2D eigenvalue weighted by Crippen LogP contribution is -2.53. The third-order valence-corrected chi connectivity index (χ3v) is 5.17. The summed E-state index contributed by atoms with van der Waals surface area (Å²) in [5.74, 6) is -1.27. The van der Waals surface area contributed by atoms with Gasteiger partial charge in [-0.2, -0.15) is 0 Å². The molecule has 1 aromatic heterocycles. The Hall–Kier alpha value is -2.25. The van der Waals surface area contributed by atoms with Gasteiger partial charge in [0.25, 0.3) is 0 Å². The molecule has 1 aliphatic heterocycles. The molecule has 1 N–H and O–H groups in total. The number of morpholine rings is 1. The molecule has 0 radical (unpaired) electrons. The summed E-state index contributed by atoms with van der Waals surface area (Å²) < 4.78 is 5.17. The Balaban J connectivity index is 1.69. The van der Waals surface area contributed by atoms with Crippen molar-refractivity contribution < 1.29 is 19.4 Å². The molecule has 0 saturated carbocycles. The van der Waals surface area contributed by atoms with E-state index in [4.69, 9.17) is 4.74 Å². The van der Waals surface area contributed by atoms with E-state index < -0.39 is 12.0 Å². The second-order valence-electron chi connectivity index (χ2n) is 5.89. The average molecular weight is 360 g/mol. The van der Waals surface area contributed by atoms with Crippen molar-refractivity contribution in [1.29, 1.82) is 0 Å². The van der Waals surface area contributed by atoms with Crippen molar-refractivity contribution in [3.63, 3.8) is 0 Å². The van der Waals surface area contributed by atoms with Gasteiger partial charge in [-0.25, -0.2) is 9.78 Å². The molecule has 1 atom stereocenters. The molecule has 0 unspecified atom stereocenters. The van der Waals surface area contributed by atoms with Crippen LogP contribution in [0, 0.1) is 0 Å². The molecular weight excluding hydrogens is 340 g/mol. The van der Waals surface area contributed by atoms with Gasteiger partial charge in [0, 0.05) is 17.5 Å². The molecule has 1 saturated heterocycles. The lowest BCUT2D eigenvalue weighted by molar-refractivity contribution is -0.158. The third-order valence-electron chi connectivity index (χ3n) is 4.23. The van der Waals surface area contributed by atoms with Gasteiger partial charge in [0.1, 0.15) is 5.01 Å². The van der Waals surface area contributed by atoms with Crippen LogP contribution in [0.15, 0.2) is 29.6 Å². The van der Waals surface area contributed by atoms with Crippen LogP contribution in [0.25, 0.3) is 10.6 Å². The van der Waals surface area contributed by atoms with E-state index in [2.05, 4.69) is 24.0 Å². The largest absolute Gasteiger partial charge is 0.480 e. The minimum atomic E-state index is -1.04. The number of rotatable bonds is 5. The van der Waals surface area contributed by atoms with Gasteiger partial charge in [-0.05, 0) is 12.0 Å². The number of aromatic nitrogens is 1. The highest BCUT2D eigenvalue weighted by Crippen LogP contribution is 2.25. The van der Waals surface area contributed by atoms with Crippen LogP contribution in [0.4, 0.5) is 0 Å². The van der Waals surface area contributed by atoms with E-state index in [0.29, 0.717) is 18.8 Å². The first-order valence-electron chi connectivity index (χ1n) is 8.22. The zero-order valence-corrected chi connectivity index (χ0v) is 14.8. The number of hydrogen-bond donors (Lipinski definition) is 1. The van der Waals surface area contributed by atoms with Crippen LogP contribution in [-0.4, -0.2) is 52.7 Å². The van der Waals surface area contributed by atoms with Crippen LogP contribution in [0.1, 0.15) is 18.2 Å². The van der Waals surface area contributed by atoms with Crippen LogP contribution >= 0.6 is 11.3 Å². The maximum absolute atomic E-state index is 12.5. The molecule has 1 aromatic carbocycles. The number of amides is 1. The van der Waals surface area contributed by atoms with E-state index in [0.717, 1.165) is 17.0 Å². The van der Waals surface area contributed by atoms with Gasteiger partial charge in [0.15, 0.2) is 6.04 Å². The number of aryl methyl sites for hydroxylation is 1. The number of thiazole rings is 1. The first-order valence-corrected chi connectivity index (χ1v) is 9.10. The number of hydrogen-bond acceptors (Lipinski definition) is 5. The van der Waals surface area contributed by atoms with Crippen molar-refractivity contribution in [2.75, 3.05) is 19.8 Å². The molecular formula is C18H20N2O4S. The summed E-state index contributed by atoms with van der Waals surface area (Å²) in [7, 11) is 0. The number of ether oxygens (including phenoxy) is 1. The molecule has 25 heavy (non-hydrogen) atoms. The molecule has 132 valence electrons. The van der Waals surface area contributed by atoms with E-state index in [1.807, 2.05) is 17.5 Å². The summed E-state index contributed by atoms with van der Waals surface area (Å²) in [5.41, 5.74) is 2.96. The van der Waals surface area contributed by atoms with Crippen molar-refractivity contribution in [2.24, 2.45) is 0 Å². The summed E-state index contributed by atoms with van der Waals surface area (Å²) in [6.07, 6.45) is 1.09. The number of carbonyl (C=O) groups excluding carboxylic acids is 1. The quantitative estimate of drug-likeness (QED) is 0.884. The first-order chi connectivity index (χ1) is 12.1. The number of carboxylic acids is 1. The predicted molar refractivity (Wildman–Crippen MR) is 94.6 cm³/mol. The number of aliphatic carboxylic acids is 1. The second kappa shape index (κ2) is 7.76. The molecule has 1 amide bonds. The fourth-order valence-electron chi connectivity index (χ4n) is 2.77. The van der Waals surface area contributed by atoms with Gasteiger partial charge < -0.3 is 14.7 Å². The minimum Gasteiger partial charge on any atom is -0.480 e. The highest BCUT2D eigenvalue weighted by atomic mass is 32.1. The predicted octanol–water partition coefficient (Wildman–Crippen LogP) is 2.23. The van der Waals surface area contributed by atoms with Crippen molar-refractivity contribution in [3.8, 4) is 10.6 Å². The summed E-state index contributed by atoms with van der Waals surface area (Å²) in [6.45, 7) is 2.80. The molecule has 0 aliphatic carbocycles. The highest BCUT2D eigenvalue weighted by Gasteiger charge is 2.32. The molecule has 0 spiro atoms. The summed E-state index contributed by atoms with van der Waals surface area (Å²) >= 11 is 1.49. The van der Waals surface area contributed by atoms with Crippen LogP contribution in [0.2, 0.25) is 0 Å². The van der Waals surface area contributed by atoms with Crippen molar-refractivity contribution >= 4 is 23.2 Å². The molecule has 2 aromatic rings. The van der Waals surface area contributed by atoms with E-state index in [9.17, 15) is 14.7 Å². The Morgan fingerprint density at radius 3 is 2.80 bits per heavy atom. The number of benzene rings is 1. The summed E-state index contributed by atoms with van der Waals surface area (Å²) in [6, 6.07) is 7.30. The molecule has 0 bridgehead atoms. The van der Waals surface area contributed by atoms with E-state index in [-0.39, 0.29) is 18.9 Å². The average Bonchev–Trinajstić information content (AvgIpc) is 3.10. The fourth-order valence-corrected chi connectivity index (χ4v) is 3.59. The smallest absolute Gasteiger partial charge is 0.328 e. The third kappa shape index (κ3) is 4.05. The van der Waals surface area contributed by atoms with Crippen molar-refractivity contribution in [3.05, 3.63) is 40.9 Å². The van der Waals surface area contributed by atoms with Gasteiger partial charge in [-0.3, -0.25) is 4.79 Å². The Morgan fingerprint density at radius 2 is 2.12 bits per heavy atom. The Kier molecular flexibility index (Phi) is 5.45. The number of carboxylic acid groups (broad SMARTS) is 1. The van der Waals surface area contributed by atoms with Gasteiger partial charge >= 0.3 is 5.97 Å². The summed E-state index contributed by atoms with van der Waals surface area (Å²) in [5, 5.41) is 12.0. The van der Waals surface area contributed by atoms with Crippen molar-refractivity contribution in [2.45, 2.75) is 25.8 Å². The number of carbonyl (C=O) groups is 2. The van der Waals surface area contributed by atoms with Gasteiger partial charge in [-0.1, -0.05) is 31.2 Å². The minimum absolute atomic E-state index is 0.0349. The van der Waals surface area contributed by atoms with E-state index >= 15 is 0 Å². The molecule has 1 aliphatic rings. The van der Waals surface area contributed by atoms with Gasteiger partial charge in [0.2, 0.25) is 5.91 Å². The van der Waals surface area contributed by atoms with Crippen LogP contribution in [0.5, 0.6) is 0 Å². The van der Waals surface area contributed by atoms with E-state index in [1.165, 1.54) is 21.8 Å². The van der Waals surface area contributed by atoms with Crippen LogP contribution in [-0.2, 0) is 27.2 Å². The number of nitrogens with zero attached hydrogens (tertiary/aromatic N) is 2. The van der Waals surface area contributed by atoms with Gasteiger partial charge in [-0.15, -0.1) is 11.3 Å². The zero-order chi connectivity index (χ0) is 17.8. The van der Waals surface area contributed by atoms with Crippen LogP contribution < -0.4 is 0 Å². The Morgan fingerprint density at radius 1 is 1.36 bits per heavy atom. The molecule has 3 rings (SSSR count). The maximum atomic E-state index is 12.5. The normalized spacial score (nSPS) is 17.5. The Labute approximate surface area is 150 Å². The maximum Gasteiger partial charge on any atom is 0.328 e. The topological polar surface area (TPSA) is 79.7 Å². The molecule has 7 heteroatoms. The SMILES string of the molecule is CCc1ccc(-c2nc(CC(=O)N3CCOC[C@@H]3C(=O)O)cs2)cc1. The van der Waals surface area contributed by atoms with E-state index in [1.54, 1.807) is 0 Å². The lowest BCUT2D eigenvalue weighted by atomic mass is 10.1. The molecule has 2 heterocycles. The zero-order valence-electron chi connectivity index (χ0n) is 14.0. The first kappa shape index (κ1) is 17.6. The highest BCUT2D eigenvalue weighted by molar-refractivity contribution is 7.13. The lowest BCUT2D eigenvalue weighted by Gasteiger charge is -2.32. The molecule has 6 nitrogen and oxygen atoms in total. The summed E-state index contributed by atoms with van der Waals surface area (Å²) in [4.78, 5) is 29.7. The van der Waals surface area contributed by atoms with Crippen molar-refractivity contribution in [1.82, 2.24) is 9.88 Å². The monoisotopic (exact) mass is 360 g/mol.